The molecule has 0 radical (unpaired) electrons. The zero-order valence-corrected chi connectivity index (χ0v) is 15.8. The number of nitrogens with zero attached hydrogens (tertiary/aromatic N) is 2. The molecule has 2 aliphatic rings. The molecule has 2 aliphatic heterocycles. The molecule has 0 unspecified atom stereocenters. The molecule has 5 nitrogen and oxygen atoms in total. The maximum atomic E-state index is 13.4. The van der Waals surface area contributed by atoms with Crippen LogP contribution < -0.4 is 0 Å². The maximum Gasteiger partial charge on any atom is 0.234 e. The van der Waals surface area contributed by atoms with Crippen LogP contribution in [0.2, 0.25) is 0 Å². The van der Waals surface area contributed by atoms with Gasteiger partial charge in [0, 0.05) is 32.0 Å². The van der Waals surface area contributed by atoms with Gasteiger partial charge in [0.1, 0.15) is 0 Å². The van der Waals surface area contributed by atoms with Crippen LogP contribution in [0.5, 0.6) is 0 Å². The molecular formula is C23H24N2O3. The number of amides is 3. The second-order valence-corrected chi connectivity index (χ2v) is 7.47. The minimum Gasteiger partial charge on any atom is -0.342 e. The van der Waals surface area contributed by atoms with Crippen molar-refractivity contribution >= 4 is 17.7 Å². The average molecular weight is 376 g/mol. The lowest BCUT2D eigenvalue weighted by Gasteiger charge is -2.37. The molecule has 4 rings (SSSR count). The number of rotatable bonds is 4. The van der Waals surface area contributed by atoms with E-state index in [1.165, 1.54) is 4.90 Å². The van der Waals surface area contributed by atoms with Gasteiger partial charge >= 0.3 is 0 Å². The Hall–Kier alpha value is -2.95. The van der Waals surface area contributed by atoms with Crippen molar-refractivity contribution in [1.82, 2.24) is 9.80 Å². The molecule has 2 heterocycles. The van der Waals surface area contributed by atoms with Crippen LogP contribution in [0.1, 0.15) is 42.7 Å². The van der Waals surface area contributed by atoms with Gasteiger partial charge in [0.05, 0.1) is 5.92 Å². The summed E-state index contributed by atoms with van der Waals surface area (Å²) in [6, 6.07) is 19.6. The van der Waals surface area contributed by atoms with E-state index in [4.69, 9.17) is 0 Å². The molecule has 0 bridgehead atoms. The van der Waals surface area contributed by atoms with Gasteiger partial charge in [-0.15, -0.1) is 0 Å². The fourth-order valence-electron chi connectivity index (χ4n) is 4.30. The van der Waals surface area contributed by atoms with Gasteiger partial charge in [-0.25, -0.2) is 0 Å². The minimum absolute atomic E-state index is 0.0683. The van der Waals surface area contributed by atoms with E-state index < -0.39 is 0 Å². The lowest BCUT2D eigenvalue weighted by atomic mass is 9.89. The Bertz CT molecular complexity index is 802. The predicted molar refractivity (Wildman–Crippen MR) is 105 cm³/mol. The van der Waals surface area contributed by atoms with E-state index in [0.717, 1.165) is 11.1 Å². The fourth-order valence-corrected chi connectivity index (χ4v) is 4.30. The first kappa shape index (κ1) is 18.4. The summed E-state index contributed by atoms with van der Waals surface area (Å²) in [5.74, 6) is -0.397. The second-order valence-electron chi connectivity index (χ2n) is 7.47. The van der Waals surface area contributed by atoms with Gasteiger partial charge in [-0.05, 0) is 24.0 Å². The Kier molecular flexibility index (Phi) is 5.24. The Labute approximate surface area is 164 Å². The van der Waals surface area contributed by atoms with E-state index in [0.29, 0.717) is 38.8 Å². The largest absolute Gasteiger partial charge is 0.342 e. The Morgan fingerprint density at radius 3 is 1.71 bits per heavy atom. The Balaban J connectivity index is 1.51. The molecule has 0 saturated carbocycles. The summed E-state index contributed by atoms with van der Waals surface area (Å²) >= 11 is 0. The third-order valence-electron chi connectivity index (χ3n) is 5.74. The van der Waals surface area contributed by atoms with Crippen molar-refractivity contribution in [3.8, 4) is 0 Å². The molecule has 28 heavy (non-hydrogen) atoms. The van der Waals surface area contributed by atoms with Crippen LogP contribution in [0.25, 0.3) is 0 Å². The number of likely N-dealkylation sites (tertiary alicyclic amines) is 2. The maximum absolute atomic E-state index is 13.4. The summed E-state index contributed by atoms with van der Waals surface area (Å²) in [6.45, 7) is 1.13. The first-order valence-electron chi connectivity index (χ1n) is 9.88. The number of benzene rings is 2. The normalized spacial score (nSPS) is 18.2. The minimum atomic E-state index is -0.339. The standard InChI is InChI=1S/C23H24N2O3/c26-20-11-12-21(27)25(20)19-13-15-24(16-14-19)23(28)22(17-7-3-1-4-8-17)18-9-5-2-6-10-18/h1-10,19,22H,11-16H2. The van der Waals surface area contributed by atoms with Crippen molar-refractivity contribution in [3.05, 3.63) is 71.8 Å². The van der Waals surface area contributed by atoms with Gasteiger partial charge in [0.2, 0.25) is 17.7 Å². The second kappa shape index (κ2) is 7.97. The zero-order chi connectivity index (χ0) is 19.5. The van der Waals surface area contributed by atoms with E-state index in [1.807, 2.05) is 65.6 Å². The van der Waals surface area contributed by atoms with Gasteiger partial charge in [-0.1, -0.05) is 60.7 Å². The molecule has 0 aromatic heterocycles. The van der Waals surface area contributed by atoms with Crippen LogP contribution >= 0.6 is 0 Å². The predicted octanol–water partition coefficient (Wildman–Crippen LogP) is 2.96. The molecule has 0 aliphatic carbocycles. The summed E-state index contributed by atoms with van der Waals surface area (Å²) < 4.78 is 0. The van der Waals surface area contributed by atoms with Crippen molar-refractivity contribution in [3.63, 3.8) is 0 Å². The van der Waals surface area contributed by atoms with Crippen LogP contribution in [0.4, 0.5) is 0 Å². The monoisotopic (exact) mass is 376 g/mol. The van der Waals surface area contributed by atoms with Crippen molar-refractivity contribution in [1.29, 1.82) is 0 Å². The first-order chi connectivity index (χ1) is 13.6. The highest BCUT2D eigenvalue weighted by molar-refractivity contribution is 6.02. The van der Waals surface area contributed by atoms with Crippen LogP contribution in [0.15, 0.2) is 60.7 Å². The molecule has 2 fully saturated rings. The number of carbonyl (C=O) groups is 3. The van der Waals surface area contributed by atoms with Crippen LogP contribution in [-0.4, -0.2) is 46.7 Å². The summed E-state index contributed by atoms with van der Waals surface area (Å²) in [6.07, 6.45) is 1.95. The molecule has 2 saturated heterocycles. The number of imide groups is 1. The van der Waals surface area contributed by atoms with Crippen LogP contribution in [-0.2, 0) is 14.4 Å². The molecule has 3 amide bonds. The Morgan fingerprint density at radius 2 is 1.25 bits per heavy atom. The number of hydrogen-bond acceptors (Lipinski definition) is 3. The van der Waals surface area contributed by atoms with Crippen LogP contribution in [0.3, 0.4) is 0 Å². The molecule has 5 heteroatoms. The van der Waals surface area contributed by atoms with Crippen molar-refractivity contribution in [2.24, 2.45) is 0 Å². The Morgan fingerprint density at radius 1 is 0.786 bits per heavy atom. The average Bonchev–Trinajstić information content (AvgIpc) is 3.08. The van der Waals surface area contributed by atoms with Crippen LogP contribution in [0, 0.1) is 0 Å². The quantitative estimate of drug-likeness (QED) is 0.771. The highest BCUT2D eigenvalue weighted by Gasteiger charge is 2.38. The first-order valence-corrected chi connectivity index (χ1v) is 9.88. The zero-order valence-electron chi connectivity index (χ0n) is 15.8. The van der Waals surface area contributed by atoms with Crippen molar-refractivity contribution < 1.29 is 14.4 Å². The van der Waals surface area contributed by atoms with Gasteiger partial charge in [0.25, 0.3) is 0 Å². The molecule has 2 aromatic carbocycles. The lowest BCUT2D eigenvalue weighted by Crippen LogP contribution is -2.49. The molecule has 2 aromatic rings. The van der Waals surface area contributed by atoms with Crippen molar-refractivity contribution in [2.45, 2.75) is 37.6 Å². The summed E-state index contributed by atoms with van der Waals surface area (Å²) in [5.41, 5.74) is 1.96. The van der Waals surface area contributed by atoms with Gasteiger partial charge in [0.15, 0.2) is 0 Å². The molecular weight excluding hydrogens is 352 g/mol. The third kappa shape index (κ3) is 3.57. The number of piperidine rings is 1. The highest BCUT2D eigenvalue weighted by Crippen LogP contribution is 2.29. The van der Waals surface area contributed by atoms with E-state index >= 15 is 0 Å². The SMILES string of the molecule is O=C(C(c1ccccc1)c1ccccc1)N1CCC(N2C(=O)CCC2=O)CC1. The number of hydrogen-bond donors (Lipinski definition) is 0. The molecule has 144 valence electrons. The van der Waals surface area contributed by atoms with E-state index in [1.54, 1.807) is 0 Å². The van der Waals surface area contributed by atoms with E-state index in [9.17, 15) is 14.4 Å². The summed E-state index contributed by atoms with van der Waals surface area (Å²) in [4.78, 5) is 40.8. The van der Waals surface area contributed by atoms with Gasteiger partial charge < -0.3 is 4.90 Å². The topological polar surface area (TPSA) is 57.7 Å². The summed E-state index contributed by atoms with van der Waals surface area (Å²) in [5, 5.41) is 0. The van der Waals surface area contributed by atoms with Crippen molar-refractivity contribution in [2.75, 3.05) is 13.1 Å². The fraction of sp³-hybridized carbons (Fsp3) is 0.348. The van der Waals surface area contributed by atoms with E-state index in [-0.39, 0.29) is 29.7 Å². The van der Waals surface area contributed by atoms with Gasteiger partial charge in [-0.2, -0.15) is 0 Å². The lowest BCUT2D eigenvalue weighted by molar-refractivity contribution is -0.142. The highest BCUT2D eigenvalue weighted by atomic mass is 16.2. The summed E-state index contributed by atoms with van der Waals surface area (Å²) in [7, 11) is 0. The van der Waals surface area contributed by atoms with Gasteiger partial charge in [-0.3, -0.25) is 19.3 Å². The van der Waals surface area contributed by atoms with E-state index in [2.05, 4.69) is 0 Å². The smallest absolute Gasteiger partial charge is 0.234 e. The number of carbonyl (C=O) groups excluding carboxylic acids is 3. The molecule has 0 atom stereocenters. The molecule has 0 spiro atoms. The third-order valence-corrected chi connectivity index (χ3v) is 5.74. The molecule has 0 N–H and O–H groups in total.